The largest absolute Gasteiger partial charge is 0.316 e. The van der Waals surface area contributed by atoms with Crippen LogP contribution in [0.3, 0.4) is 0 Å². The summed E-state index contributed by atoms with van der Waals surface area (Å²) in [5.74, 6) is 0. The summed E-state index contributed by atoms with van der Waals surface area (Å²) in [5.41, 5.74) is -1.26. The van der Waals surface area contributed by atoms with E-state index in [4.69, 9.17) is 0 Å². The lowest BCUT2D eigenvalue weighted by Crippen LogP contribution is -2.28. The van der Waals surface area contributed by atoms with Crippen molar-refractivity contribution in [1.29, 1.82) is 0 Å². The molecule has 0 aromatic carbocycles. The summed E-state index contributed by atoms with van der Waals surface area (Å²) < 4.78 is 14.7. The molecule has 0 saturated carbocycles. The van der Waals surface area contributed by atoms with Crippen molar-refractivity contribution in [1.82, 2.24) is 5.32 Å². The lowest BCUT2D eigenvalue weighted by Gasteiger charge is -2.17. The molecule has 12 heavy (non-hydrogen) atoms. The summed E-state index contributed by atoms with van der Waals surface area (Å²) in [6.07, 6.45) is 0. The summed E-state index contributed by atoms with van der Waals surface area (Å²) in [6.45, 7) is 1.93. The van der Waals surface area contributed by atoms with E-state index in [2.05, 4.69) is 21.2 Å². The van der Waals surface area contributed by atoms with E-state index >= 15 is 0 Å². The Hall–Kier alpha value is 0.0700. The first-order chi connectivity index (χ1) is 5.56. The highest BCUT2D eigenvalue weighted by Gasteiger charge is 2.26. The van der Waals surface area contributed by atoms with Crippen molar-refractivity contribution < 1.29 is 4.39 Å². The predicted octanol–water partition coefficient (Wildman–Crippen LogP) is 2.91. The zero-order valence-electron chi connectivity index (χ0n) is 7.03. The minimum Gasteiger partial charge on any atom is -0.316 e. The van der Waals surface area contributed by atoms with Crippen LogP contribution in [0.15, 0.2) is 15.9 Å². The van der Waals surface area contributed by atoms with E-state index in [0.29, 0.717) is 6.54 Å². The third-order valence-corrected chi connectivity index (χ3v) is 3.46. The van der Waals surface area contributed by atoms with Crippen molar-refractivity contribution in [2.24, 2.45) is 0 Å². The van der Waals surface area contributed by atoms with Crippen molar-refractivity contribution in [2.45, 2.75) is 12.6 Å². The van der Waals surface area contributed by atoms with Gasteiger partial charge < -0.3 is 5.32 Å². The molecule has 0 aliphatic rings. The van der Waals surface area contributed by atoms with Crippen molar-refractivity contribution >= 4 is 27.3 Å². The van der Waals surface area contributed by atoms with Crippen LogP contribution in [0.25, 0.3) is 0 Å². The number of likely N-dealkylation sites (N-methyl/N-ethyl adjacent to an activating group) is 1. The molecule has 1 aromatic heterocycles. The molecule has 0 amide bonds. The summed E-state index contributed by atoms with van der Waals surface area (Å²) >= 11 is 4.74. The highest BCUT2D eigenvalue weighted by atomic mass is 79.9. The summed E-state index contributed by atoms with van der Waals surface area (Å²) in [7, 11) is 1.75. The molecule has 0 radical (unpaired) electrons. The molecule has 68 valence electrons. The molecule has 0 fully saturated rings. The van der Waals surface area contributed by atoms with E-state index in [0.717, 1.165) is 8.66 Å². The second-order valence-corrected chi connectivity index (χ2v) is 5.29. The number of halogens is 2. The third kappa shape index (κ3) is 2.28. The number of alkyl halides is 1. The van der Waals surface area contributed by atoms with E-state index in [1.165, 1.54) is 11.3 Å². The molecule has 0 spiro atoms. The Labute approximate surface area is 84.1 Å². The highest BCUT2D eigenvalue weighted by molar-refractivity contribution is 9.11. The van der Waals surface area contributed by atoms with Gasteiger partial charge in [-0.2, -0.15) is 0 Å². The molecule has 0 aliphatic heterocycles. The first-order valence-corrected chi connectivity index (χ1v) is 5.26. The average molecular weight is 252 g/mol. The Bertz CT molecular complexity index is 259. The van der Waals surface area contributed by atoms with Gasteiger partial charge in [-0.15, -0.1) is 11.3 Å². The van der Waals surface area contributed by atoms with Gasteiger partial charge in [-0.05, 0) is 42.0 Å². The van der Waals surface area contributed by atoms with Crippen LogP contribution in [0.5, 0.6) is 0 Å². The summed E-state index contributed by atoms with van der Waals surface area (Å²) in [5, 5.41) is 2.83. The van der Waals surface area contributed by atoms with Gasteiger partial charge in [0.1, 0.15) is 0 Å². The van der Waals surface area contributed by atoms with Crippen molar-refractivity contribution in [3.05, 3.63) is 20.8 Å². The Morgan fingerprint density at radius 2 is 2.33 bits per heavy atom. The Kier molecular flexibility index (Phi) is 3.26. The maximum Gasteiger partial charge on any atom is 0.154 e. The molecular formula is C8H11BrFNS. The Morgan fingerprint density at radius 3 is 2.75 bits per heavy atom. The molecule has 0 bridgehead atoms. The molecule has 1 unspecified atom stereocenters. The van der Waals surface area contributed by atoms with Crippen molar-refractivity contribution in [3.63, 3.8) is 0 Å². The number of hydrogen-bond acceptors (Lipinski definition) is 2. The Balaban J connectivity index is 2.81. The monoisotopic (exact) mass is 251 g/mol. The van der Waals surface area contributed by atoms with E-state index in [1.54, 1.807) is 14.0 Å². The molecule has 1 N–H and O–H groups in total. The van der Waals surface area contributed by atoms with Gasteiger partial charge in [-0.3, -0.25) is 0 Å². The number of hydrogen-bond donors (Lipinski definition) is 1. The fourth-order valence-electron chi connectivity index (χ4n) is 1.01. The van der Waals surface area contributed by atoms with Gasteiger partial charge in [0.2, 0.25) is 0 Å². The van der Waals surface area contributed by atoms with Crippen LogP contribution in [0.2, 0.25) is 0 Å². The second kappa shape index (κ2) is 3.85. The zero-order valence-corrected chi connectivity index (χ0v) is 9.43. The van der Waals surface area contributed by atoms with Gasteiger partial charge in [0.25, 0.3) is 0 Å². The maximum atomic E-state index is 13.8. The fourth-order valence-corrected chi connectivity index (χ4v) is 2.44. The van der Waals surface area contributed by atoms with Crippen molar-refractivity contribution in [3.8, 4) is 0 Å². The van der Waals surface area contributed by atoms with E-state index in [-0.39, 0.29) is 0 Å². The molecule has 1 atom stereocenters. The van der Waals surface area contributed by atoms with Crippen LogP contribution in [-0.4, -0.2) is 13.6 Å². The van der Waals surface area contributed by atoms with Crippen LogP contribution in [-0.2, 0) is 5.67 Å². The number of nitrogens with one attached hydrogen (secondary N) is 1. The molecule has 1 heterocycles. The van der Waals surface area contributed by atoms with Gasteiger partial charge in [0.05, 0.1) is 3.79 Å². The van der Waals surface area contributed by atoms with E-state index < -0.39 is 5.67 Å². The maximum absolute atomic E-state index is 13.8. The second-order valence-electron chi connectivity index (χ2n) is 2.83. The van der Waals surface area contributed by atoms with E-state index in [9.17, 15) is 4.39 Å². The minimum absolute atomic E-state index is 0.347. The topological polar surface area (TPSA) is 12.0 Å². The van der Waals surface area contributed by atoms with Gasteiger partial charge >= 0.3 is 0 Å². The average Bonchev–Trinajstić information content (AvgIpc) is 2.36. The first kappa shape index (κ1) is 10.2. The first-order valence-electron chi connectivity index (χ1n) is 3.65. The lowest BCUT2D eigenvalue weighted by atomic mass is 10.1. The molecule has 0 saturated heterocycles. The van der Waals surface area contributed by atoms with Gasteiger partial charge in [-0.1, -0.05) is 0 Å². The lowest BCUT2D eigenvalue weighted by molar-refractivity contribution is 0.196. The highest BCUT2D eigenvalue weighted by Crippen LogP contribution is 2.33. The number of rotatable bonds is 3. The molecule has 4 heteroatoms. The van der Waals surface area contributed by atoms with E-state index in [1.807, 2.05) is 12.1 Å². The summed E-state index contributed by atoms with van der Waals surface area (Å²) in [6, 6.07) is 3.68. The normalized spacial score (nSPS) is 16.0. The minimum atomic E-state index is -1.26. The van der Waals surface area contributed by atoms with Gasteiger partial charge in [-0.25, -0.2) is 4.39 Å². The van der Waals surface area contributed by atoms with Gasteiger partial charge in [0.15, 0.2) is 5.67 Å². The smallest absolute Gasteiger partial charge is 0.154 e. The fraction of sp³-hybridized carbons (Fsp3) is 0.500. The quantitative estimate of drug-likeness (QED) is 0.872. The van der Waals surface area contributed by atoms with Crippen LogP contribution in [0, 0.1) is 0 Å². The van der Waals surface area contributed by atoms with Crippen LogP contribution in [0.4, 0.5) is 4.39 Å². The molecule has 0 aliphatic carbocycles. The van der Waals surface area contributed by atoms with Crippen molar-refractivity contribution in [2.75, 3.05) is 13.6 Å². The van der Waals surface area contributed by atoms with Crippen LogP contribution in [0.1, 0.15) is 11.8 Å². The molecule has 1 aromatic rings. The number of thiophene rings is 1. The van der Waals surface area contributed by atoms with Gasteiger partial charge in [0, 0.05) is 11.4 Å². The predicted molar refractivity (Wildman–Crippen MR) is 54.4 cm³/mol. The molecular weight excluding hydrogens is 241 g/mol. The molecule has 1 nitrogen and oxygen atoms in total. The molecule has 1 rings (SSSR count). The SMILES string of the molecule is CNCC(C)(F)c1ccc(Br)s1. The Morgan fingerprint density at radius 1 is 1.67 bits per heavy atom. The standard InChI is InChI=1S/C8H11BrFNS/c1-8(10,5-11-2)6-3-4-7(9)12-6/h3-4,11H,5H2,1-2H3. The van der Waals surface area contributed by atoms with Crippen LogP contribution >= 0.6 is 27.3 Å². The van der Waals surface area contributed by atoms with Crippen LogP contribution < -0.4 is 5.32 Å². The third-order valence-electron chi connectivity index (χ3n) is 1.60. The summed E-state index contributed by atoms with van der Waals surface area (Å²) in [4.78, 5) is 0.753. The zero-order chi connectivity index (χ0) is 9.19.